The van der Waals surface area contributed by atoms with Gasteiger partial charge in [0.15, 0.2) is 5.17 Å². The molecule has 2 heterocycles. The first-order valence-electron chi connectivity index (χ1n) is 6.57. The maximum atomic E-state index is 4.64. The van der Waals surface area contributed by atoms with E-state index in [9.17, 15) is 0 Å². The second-order valence-electron chi connectivity index (χ2n) is 5.05. The zero-order valence-electron chi connectivity index (χ0n) is 11.4. The lowest BCUT2D eigenvalue weighted by Gasteiger charge is -2.28. The van der Waals surface area contributed by atoms with E-state index in [1.165, 1.54) is 12.2 Å². The largest absolute Gasteiger partial charge is 0.362 e. The maximum absolute atomic E-state index is 4.64. The fourth-order valence-corrected chi connectivity index (χ4v) is 3.00. The molecule has 5 heteroatoms. The monoisotopic (exact) mass is 266 g/mol. The minimum atomic E-state index is 0.583. The highest BCUT2D eigenvalue weighted by atomic mass is 32.2. The number of hydrogen-bond donors (Lipinski definition) is 1. The summed E-state index contributed by atoms with van der Waals surface area (Å²) in [6, 6.07) is 2.64. The molecule has 4 nitrogen and oxygen atoms in total. The molecule has 0 bridgehead atoms. The third kappa shape index (κ3) is 3.77. The average molecular weight is 266 g/mol. The highest BCUT2D eigenvalue weighted by molar-refractivity contribution is 8.13. The molecule has 1 aliphatic heterocycles. The lowest BCUT2D eigenvalue weighted by atomic mass is 10.0. The van der Waals surface area contributed by atoms with Gasteiger partial charge in [0.25, 0.3) is 0 Å². The molecule has 0 aromatic carbocycles. The topological polar surface area (TPSA) is 42.2 Å². The van der Waals surface area contributed by atoms with Crippen molar-refractivity contribution in [2.24, 2.45) is 18.0 Å². The molecule has 0 spiro atoms. The van der Waals surface area contributed by atoms with E-state index in [0.29, 0.717) is 12.0 Å². The van der Waals surface area contributed by atoms with Crippen molar-refractivity contribution in [2.75, 3.05) is 12.3 Å². The molecule has 0 amide bonds. The van der Waals surface area contributed by atoms with Crippen LogP contribution in [0.1, 0.15) is 26.0 Å². The molecule has 1 aromatic rings. The second-order valence-corrected chi connectivity index (χ2v) is 6.13. The SMILES string of the molecule is CC(C)C1CCSC(=NCCc2ccn(C)n2)N1. The van der Waals surface area contributed by atoms with Crippen LogP contribution in [0.4, 0.5) is 0 Å². The Balaban J connectivity index is 1.82. The number of aromatic nitrogens is 2. The van der Waals surface area contributed by atoms with Gasteiger partial charge in [0.05, 0.1) is 5.69 Å². The number of aryl methyl sites for hydroxylation is 1. The van der Waals surface area contributed by atoms with Crippen LogP contribution in [0.3, 0.4) is 0 Å². The van der Waals surface area contributed by atoms with Crippen LogP contribution in [0.5, 0.6) is 0 Å². The second kappa shape index (κ2) is 6.27. The third-order valence-corrected chi connectivity index (χ3v) is 4.13. The van der Waals surface area contributed by atoms with Crippen LogP contribution in [0, 0.1) is 5.92 Å². The number of aliphatic imine (C=N–C) groups is 1. The van der Waals surface area contributed by atoms with Crippen LogP contribution in [0.25, 0.3) is 0 Å². The Morgan fingerprint density at radius 3 is 3.11 bits per heavy atom. The van der Waals surface area contributed by atoms with Crippen molar-refractivity contribution in [3.63, 3.8) is 0 Å². The van der Waals surface area contributed by atoms with E-state index in [1.54, 1.807) is 0 Å². The van der Waals surface area contributed by atoms with E-state index in [0.717, 1.165) is 23.8 Å². The lowest BCUT2D eigenvalue weighted by Crippen LogP contribution is -2.41. The van der Waals surface area contributed by atoms with E-state index in [4.69, 9.17) is 0 Å². The Labute approximate surface area is 113 Å². The zero-order chi connectivity index (χ0) is 13.0. The van der Waals surface area contributed by atoms with Gasteiger partial charge in [-0.2, -0.15) is 5.10 Å². The summed E-state index contributed by atoms with van der Waals surface area (Å²) in [5.41, 5.74) is 1.11. The molecule has 1 aromatic heterocycles. The van der Waals surface area contributed by atoms with Gasteiger partial charge in [0, 0.05) is 38.0 Å². The first kappa shape index (κ1) is 13.5. The van der Waals surface area contributed by atoms with Crippen LogP contribution in [-0.2, 0) is 13.5 Å². The minimum Gasteiger partial charge on any atom is -0.362 e. The molecule has 1 saturated heterocycles. The van der Waals surface area contributed by atoms with Crippen molar-refractivity contribution < 1.29 is 0 Å². The van der Waals surface area contributed by atoms with E-state index in [1.807, 2.05) is 29.7 Å². The fraction of sp³-hybridized carbons (Fsp3) is 0.692. The molecular weight excluding hydrogens is 244 g/mol. The van der Waals surface area contributed by atoms with E-state index in [-0.39, 0.29) is 0 Å². The Morgan fingerprint density at radius 1 is 1.61 bits per heavy atom. The average Bonchev–Trinajstić information content (AvgIpc) is 2.75. The highest BCUT2D eigenvalue weighted by Crippen LogP contribution is 2.18. The van der Waals surface area contributed by atoms with Crippen molar-refractivity contribution in [3.8, 4) is 0 Å². The summed E-state index contributed by atoms with van der Waals surface area (Å²) in [5.74, 6) is 1.85. The van der Waals surface area contributed by atoms with Crippen LogP contribution in [0.2, 0.25) is 0 Å². The number of nitrogens with zero attached hydrogens (tertiary/aromatic N) is 3. The summed E-state index contributed by atoms with van der Waals surface area (Å²) >= 11 is 1.84. The van der Waals surface area contributed by atoms with E-state index in [2.05, 4.69) is 35.3 Å². The molecule has 2 rings (SSSR count). The van der Waals surface area contributed by atoms with E-state index >= 15 is 0 Å². The molecular formula is C13H22N4S. The van der Waals surface area contributed by atoms with Crippen LogP contribution in [0.15, 0.2) is 17.3 Å². The zero-order valence-corrected chi connectivity index (χ0v) is 12.2. The van der Waals surface area contributed by atoms with Gasteiger partial charge >= 0.3 is 0 Å². The van der Waals surface area contributed by atoms with Crippen LogP contribution >= 0.6 is 11.8 Å². The van der Waals surface area contributed by atoms with Crippen molar-refractivity contribution in [1.82, 2.24) is 15.1 Å². The predicted molar refractivity (Wildman–Crippen MR) is 78.1 cm³/mol. The van der Waals surface area contributed by atoms with Crippen molar-refractivity contribution in [2.45, 2.75) is 32.7 Å². The molecule has 1 N–H and O–H groups in total. The van der Waals surface area contributed by atoms with Gasteiger partial charge < -0.3 is 5.32 Å². The van der Waals surface area contributed by atoms with Gasteiger partial charge in [-0.15, -0.1) is 0 Å². The molecule has 1 aliphatic rings. The molecule has 100 valence electrons. The number of rotatable bonds is 4. The Kier molecular flexibility index (Phi) is 4.69. The highest BCUT2D eigenvalue weighted by Gasteiger charge is 2.19. The molecule has 1 unspecified atom stereocenters. The van der Waals surface area contributed by atoms with Gasteiger partial charge in [0.1, 0.15) is 0 Å². The van der Waals surface area contributed by atoms with Gasteiger partial charge in [-0.1, -0.05) is 25.6 Å². The molecule has 1 atom stereocenters. The number of nitrogens with one attached hydrogen (secondary N) is 1. The van der Waals surface area contributed by atoms with Crippen molar-refractivity contribution >= 4 is 16.9 Å². The summed E-state index contributed by atoms with van der Waals surface area (Å²) < 4.78 is 1.84. The van der Waals surface area contributed by atoms with Gasteiger partial charge in [-0.05, 0) is 18.4 Å². The summed E-state index contributed by atoms with van der Waals surface area (Å²) in [7, 11) is 1.95. The Morgan fingerprint density at radius 2 is 2.44 bits per heavy atom. The molecule has 0 radical (unpaired) electrons. The fourth-order valence-electron chi connectivity index (χ4n) is 2.01. The number of amidine groups is 1. The quantitative estimate of drug-likeness (QED) is 0.907. The number of thioether (sulfide) groups is 1. The van der Waals surface area contributed by atoms with Gasteiger partial charge in [-0.25, -0.2) is 0 Å². The molecule has 1 fully saturated rings. The summed E-state index contributed by atoms with van der Waals surface area (Å²) in [6.07, 6.45) is 4.13. The van der Waals surface area contributed by atoms with Gasteiger partial charge in [-0.3, -0.25) is 9.67 Å². The van der Waals surface area contributed by atoms with Crippen molar-refractivity contribution in [1.29, 1.82) is 0 Å². The summed E-state index contributed by atoms with van der Waals surface area (Å²) in [5, 5.41) is 9.00. The van der Waals surface area contributed by atoms with E-state index < -0.39 is 0 Å². The third-order valence-electron chi connectivity index (χ3n) is 3.17. The lowest BCUT2D eigenvalue weighted by molar-refractivity contribution is 0.442. The molecule has 0 aliphatic carbocycles. The maximum Gasteiger partial charge on any atom is 0.156 e. The van der Waals surface area contributed by atoms with Gasteiger partial charge in [0.2, 0.25) is 0 Å². The molecule has 18 heavy (non-hydrogen) atoms. The smallest absolute Gasteiger partial charge is 0.156 e. The summed E-state index contributed by atoms with van der Waals surface area (Å²) in [4.78, 5) is 4.64. The standard InChI is InChI=1S/C13H22N4S/c1-10(2)12-6-9-18-13(15-12)14-7-4-11-5-8-17(3)16-11/h5,8,10,12H,4,6-7,9H2,1-3H3,(H,14,15). The van der Waals surface area contributed by atoms with Crippen LogP contribution < -0.4 is 5.32 Å². The normalized spacial score (nSPS) is 22.4. The minimum absolute atomic E-state index is 0.583. The van der Waals surface area contributed by atoms with Crippen molar-refractivity contribution in [3.05, 3.63) is 18.0 Å². The predicted octanol–water partition coefficient (Wildman–Crippen LogP) is 2.07. The summed E-state index contributed by atoms with van der Waals surface area (Å²) in [6.45, 7) is 5.34. The molecule has 0 saturated carbocycles. The first-order valence-corrected chi connectivity index (χ1v) is 7.56. The first-order chi connectivity index (χ1) is 8.65. The Hall–Kier alpha value is -0.970. The number of hydrogen-bond acceptors (Lipinski definition) is 3. The Bertz CT molecular complexity index is 411. The van der Waals surface area contributed by atoms with Crippen LogP contribution in [-0.4, -0.2) is 33.3 Å².